The maximum absolute atomic E-state index is 5.62. The van der Waals surface area contributed by atoms with Crippen LogP contribution in [-0.4, -0.2) is 30.6 Å². The Labute approximate surface area is 129 Å². The fourth-order valence-corrected chi connectivity index (χ4v) is 2.68. The topological polar surface area (TPSA) is 24.8 Å². The number of hydrogen-bond acceptors (Lipinski definition) is 3. The number of oxime groups is 1. The molecule has 1 aromatic rings. The van der Waals surface area contributed by atoms with Gasteiger partial charge in [0.15, 0.2) is 5.84 Å². The first kappa shape index (κ1) is 15.7. The zero-order valence-electron chi connectivity index (χ0n) is 13.8. The second kappa shape index (κ2) is 5.57. The van der Waals surface area contributed by atoms with Gasteiger partial charge in [-0.15, -0.1) is 5.54 Å². The molecular formula is C17H24N2OSi. The molecule has 1 atom stereocenters. The molecule has 1 aliphatic rings. The molecule has 0 aromatic heterocycles. The van der Waals surface area contributed by atoms with E-state index < -0.39 is 8.07 Å². The Morgan fingerprint density at radius 1 is 1.14 bits per heavy atom. The SMILES string of the molecule is CC(C)(C)N1C(c2ccccc2)=NO[C@@H]1C#C[Si](C)(C)C. The molecule has 0 saturated carbocycles. The van der Waals surface area contributed by atoms with Gasteiger partial charge in [-0.25, -0.2) is 0 Å². The van der Waals surface area contributed by atoms with Crippen molar-refractivity contribution in [3.63, 3.8) is 0 Å². The predicted molar refractivity (Wildman–Crippen MR) is 90.6 cm³/mol. The predicted octanol–water partition coefficient (Wildman–Crippen LogP) is 3.69. The van der Waals surface area contributed by atoms with E-state index in [0.29, 0.717) is 0 Å². The van der Waals surface area contributed by atoms with Crippen molar-refractivity contribution in [3.05, 3.63) is 35.9 Å². The van der Waals surface area contributed by atoms with Gasteiger partial charge in [0.2, 0.25) is 0 Å². The third kappa shape index (κ3) is 3.89. The second-order valence-corrected chi connectivity index (χ2v) is 12.0. The average molecular weight is 300 g/mol. The Kier molecular flexibility index (Phi) is 4.15. The van der Waals surface area contributed by atoms with E-state index in [1.54, 1.807) is 0 Å². The quantitative estimate of drug-likeness (QED) is 0.584. The molecule has 21 heavy (non-hydrogen) atoms. The van der Waals surface area contributed by atoms with Gasteiger partial charge in [-0.3, -0.25) is 0 Å². The molecule has 3 nitrogen and oxygen atoms in total. The van der Waals surface area contributed by atoms with Crippen molar-refractivity contribution in [1.82, 2.24) is 4.90 Å². The smallest absolute Gasteiger partial charge is 0.263 e. The highest BCUT2D eigenvalue weighted by molar-refractivity contribution is 6.83. The van der Waals surface area contributed by atoms with Gasteiger partial charge in [0.25, 0.3) is 6.23 Å². The number of benzene rings is 1. The number of nitrogens with zero attached hydrogens (tertiary/aromatic N) is 2. The number of hydrogen-bond donors (Lipinski definition) is 0. The monoisotopic (exact) mass is 300 g/mol. The largest absolute Gasteiger partial charge is 0.355 e. The van der Waals surface area contributed by atoms with Gasteiger partial charge in [-0.05, 0) is 26.7 Å². The van der Waals surface area contributed by atoms with Gasteiger partial charge in [0.1, 0.15) is 8.07 Å². The van der Waals surface area contributed by atoms with E-state index in [4.69, 9.17) is 4.84 Å². The highest BCUT2D eigenvalue weighted by atomic mass is 28.3. The van der Waals surface area contributed by atoms with Crippen LogP contribution in [-0.2, 0) is 4.84 Å². The second-order valence-electron chi connectivity index (χ2n) is 7.30. The lowest BCUT2D eigenvalue weighted by Gasteiger charge is -2.35. The van der Waals surface area contributed by atoms with Crippen molar-refractivity contribution in [1.29, 1.82) is 0 Å². The summed E-state index contributed by atoms with van der Waals surface area (Å²) in [4.78, 5) is 7.78. The molecule has 1 aromatic carbocycles. The van der Waals surface area contributed by atoms with E-state index >= 15 is 0 Å². The van der Waals surface area contributed by atoms with Crippen LogP contribution < -0.4 is 0 Å². The minimum Gasteiger partial charge on any atom is -0.355 e. The first-order valence-electron chi connectivity index (χ1n) is 7.30. The fourth-order valence-electron chi connectivity index (χ4n) is 2.12. The number of amidine groups is 1. The molecular weight excluding hydrogens is 276 g/mol. The molecule has 1 heterocycles. The highest BCUT2D eigenvalue weighted by Gasteiger charge is 2.37. The van der Waals surface area contributed by atoms with Crippen LogP contribution in [0.5, 0.6) is 0 Å². The van der Waals surface area contributed by atoms with E-state index in [2.05, 4.69) is 74.1 Å². The third-order valence-electron chi connectivity index (χ3n) is 3.03. The highest BCUT2D eigenvalue weighted by Crippen LogP contribution is 2.26. The molecule has 0 bridgehead atoms. The van der Waals surface area contributed by atoms with Crippen molar-refractivity contribution in [3.8, 4) is 11.5 Å². The van der Waals surface area contributed by atoms with Crippen molar-refractivity contribution in [2.45, 2.75) is 52.2 Å². The summed E-state index contributed by atoms with van der Waals surface area (Å²) in [6.45, 7) is 13.2. The summed E-state index contributed by atoms with van der Waals surface area (Å²) in [5.41, 5.74) is 4.34. The molecule has 1 aliphatic heterocycles. The van der Waals surface area contributed by atoms with Crippen LogP contribution in [0.15, 0.2) is 35.5 Å². The van der Waals surface area contributed by atoms with Crippen LogP contribution in [0.25, 0.3) is 0 Å². The lowest BCUT2D eigenvalue weighted by molar-refractivity contribution is 0.0192. The van der Waals surface area contributed by atoms with Crippen molar-refractivity contribution >= 4 is 13.9 Å². The van der Waals surface area contributed by atoms with Gasteiger partial charge in [-0.1, -0.05) is 55.1 Å². The van der Waals surface area contributed by atoms with Crippen LogP contribution in [0.4, 0.5) is 0 Å². The maximum Gasteiger partial charge on any atom is 0.263 e. The Bertz CT molecular complexity index is 585. The molecule has 0 saturated heterocycles. The Hall–Kier alpha value is -1.73. The molecule has 0 spiro atoms. The molecule has 0 N–H and O–H groups in total. The van der Waals surface area contributed by atoms with Crippen molar-refractivity contribution in [2.75, 3.05) is 0 Å². The van der Waals surface area contributed by atoms with Crippen LogP contribution in [0.1, 0.15) is 26.3 Å². The first-order valence-corrected chi connectivity index (χ1v) is 10.8. The lowest BCUT2D eigenvalue weighted by Crippen LogP contribution is -2.48. The van der Waals surface area contributed by atoms with Crippen molar-refractivity contribution in [2.24, 2.45) is 5.16 Å². The summed E-state index contributed by atoms with van der Waals surface area (Å²) in [5, 5.41) is 4.29. The molecule has 0 unspecified atom stereocenters. The molecule has 0 amide bonds. The third-order valence-corrected chi connectivity index (χ3v) is 3.92. The first-order chi connectivity index (χ1) is 9.68. The van der Waals surface area contributed by atoms with Gasteiger partial charge >= 0.3 is 0 Å². The average Bonchev–Trinajstić information content (AvgIpc) is 2.80. The van der Waals surface area contributed by atoms with E-state index in [1.807, 2.05) is 18.2 Å². The molecule has 0 aliphatic carbocycles. The fraction of sp³-hybridized carbons (Fsp3) is 0.471. The summed E-state index contributed by atoms with van der Waals surface area (Å²) in [6.07, 6.45) is -0.299. The summed E-state index contributed by atoms with van der Waals surface area (Å²) in [7, 11) is -1.43. The minimum atomic E-state index is -1.43. The maximum atomic E-state index is 5.62. The van der Waals surface area contributed by atoms with Crippen LogP contribution >= 0.6 is 0 Å². The van der Waals surface area contributed by atoms with Crippen molar-refractivity contribution < 1.29 is 4.84 Å². The Morgan fingerprint density at radius 3 is 2.29 bits per heavy atom. The van der Waals surface area contributed by atoms with E-state index in [0.717, 1.165) is 11.4 Å². The van der Waals surface area contributed by atoms with Crippen LogP contribution in [0.2, 0.25) is 19.6 Å². The summed E-state index contributed by atoms with van der Waals surface area (Å²) in [6, 6.07) is 10.1. The summed E-state index contributed by atoms with van der Waals surface area (Å²) < 4.78 is 0. The van der Waals surface area contributed by atoms with E-state index in [-0.39, 0.29) is 11.8 Å². The Morgan fingerprint density at radius 2 is 1.76 bits per heavy atom. The number of rotatable bonds is 1. The molecule has 2 rings (SSSR count). The minimum absolute atomic E-state index is 0.107. The zero-order chi connectivity index (χ0) is 15.7. The van der Waals surface area contributed by atoms with Gasteiger partial charge in [0.05, 0.1) is 0 Å². The molecule has 112 valence electrons. The molecule has 4 heteroatoms. The lowest BCUT2D eigenvalue weighted by atomic mass is 10.0. The van der Waals surface area contributed by atoms with Crippen LogP contribution in [0, 0.1) is 11.5 Å². The Balaban J connectivity index is 2.34. The summed E-state index contributed by atoms with van der Waals surface area (Å²) in [5.74, 6) is 4.14. The van der Waals surface area contributed by atoms with Crippen LogP contribution in [0.3, 0.4) is 0 Å². The van der Waals surface area contributed by atoms with Gasteiger partial charge < -0.3 is 9.74 Å². The molecule has 0 fully saturated rings. The molecule has 0 radical (unpaired) electrons. The standard InChI is InChI=1S/C17H24N2OSi/c1-17(2,3)19-15(12-13-21(4,5)6)20-18-16(19)14-10-8-7-9-11-14/h7-11,15H,1-6H3/t15-/m1/s1. The summed E-state index contributed by atoms with van der Waals surface area (Å²) >= 11 is 0. The van der Waals surface area contributed by atoms with Gasteiger partial charge in [-0.2, -0.15) is 0 Å². The zero-order valence-corrected chi connectivity index (χ0v) is 14.8. The normalized spacial score (nSPS) is 18.7. The van der Waals surface area contributed by atoms with Gasteiger partial charge in [0, 0.05) is 11.1 Å². The van der Waals surface area contributed by atoms with E-state index in [9.17, 15) is 0 Å². The van der Waals surface area contributed by atoms with E-state index in [1.165, 1.54) is 0 Å².